The summed E-state index contributed by atoms with van der Waals surface area (Å²) in [4.78, 5) is 9.31. The zero-order valence-electron chi connectivity index (χ0n) is 10.9. The molecule has 1 aromatic heterocycles. The van der Waals surface area contributed by atoms with Crippen LogP contribution in [0, 0.1) is 5.92 Å². The van der Waals surface area contributed by atoms with Gasteiger partial charge in [-0.3, -0.25) is 0 Å². The Labute approximate surface area is 114 Å². The van der Waals surface area contributed by atoms with Gasteiger partial charge in [0.2, 0.25) is 5.95 Å². The number of hydrogen-bond acceptors (Lipinski definition) is 4. The minimum absolute atomic E-state index is 0.105. The van der Waals surface area contributed by atoms with Crippen LogP contribution in [0.5, 0.6) is 0 Å². The molecule has 1 saturated heterocycles. The molecule has 0 amide bonds. The number of aliphatic hydroxyl groups is 1. The molecule has 1 aliphatic heterocycles. The first-order chi connectivity index (χ1) is 9.38. The maximum atomic E-state index is 12.7. The van der Waals surface area contributed by atoms with Crippen molar-refractivity contribution in [3.63, 3.8) is 0 Å². The molecule has 1 atom stereocenters. The molecule has 20 heavy (non-hydrogen) atoms. The first-order valence-corrected chi connectivity index (χ1v) is 6.76. The number of aromatic nitrogens is 2. The number of halogens is 3. The molecule has 0 aromatic carbocycles. The highest BCUT2D eigenvalue weighted by molar-refractivity contribution is 5.32. The van der Waals surface area contributed by atoms with Crippen LogP contribution in [0.15, 0.2) is 12.3 Å². The van der Waals surface area contributed by atoms with Gasteiger partial charge in [0.05, 0.1) is 5.60 Å². The molecule has 7 heteroatoms. The second-order valence-corrected chi connectivity index (χ2v) is 5.63. The van der Waals surface area contributed by atoms with Crippen LogP contribution in [0.1, 0.15) is 31.4 Å². The van der Waals surface area contributed by atoms with Gasteiger partial charge in [-0.1, -0.05) is 0 Å². The lowest BCUT2D eigenvalue weighted by Crippen LogP contribution is -2.42. The summed E-state index contributed by atoms with van der Waals surface area (Å²) in [5.74, 6) is 0.211. The van der Waals surface area contributed by atoms with E-state index < -0.39 is 17.5 Å². The largest absolute Gasteiger partial charge is 0.433 e. The average molecular weight is 287 g/mol. The third-order valence-corrected chi connectivity index (χ3v) is 4.16. The van der Waals surface area contributed by atoms with Gasteiger partial charge in [-0.05, 0) is 31.7 Å². The number of anilines is 1. The molecule has 0 spiro atoms. The summed E-state index contributed by atoms with van der Waals surface area (Å²) in [7, 11) is 0. The average Bonchev–Trinajstić information content (AvgIpc) is 3.18. The molecule has 1 aliphatic carbocycles. The number of rotatable bonds is 2. The molecule has 2 fully saturated rings. The van der Waals surface area contributed by atoms with E-state index in [0.717, 1.165) is 37.9 Å². The number of alkyl halides is 3. The number of piperidine rings is 1. The Bertz CT molecular complexity index is 502. The van der Waals surface area contributed by atoms with Crippen molar-refractivity contribution >= 4 is 5.95 Å². The predicted octanol–water partition coefficient (Wildman–Crippen LogP) is 2.24. The van der Waals surface area contributed by atoms with Crippen molar-refractivity contribution in [1.29, 1.82) is 0 Å². The molecule has 0 bridgehead atoms. The first kappa shape index (κ1) is 13.6. The van der Waals surface area contributed by atoms with Crippen molar-refractivity contribution in [3.05, 3.63) is 18.0 Å². The maximum Gasteiger partial charge on any atom is 0.433 e. The van der Waals surface area contributed by atoms with Crippen molar-refractivity contribution in [3.8, 4) is 0 Å². The summed E-state index contributed by atoms with van der Waals surface area (Å²) in [6.07, 6.45) is 0.00460. The fourth-order valence-electron chi connectivity index (χ4n) is 2.79. The van der Waals surface area contributed by atoms with Gasteiger partial charge in [0, 0.05) is 25.2 Å². The van der Waals surface area contributed by atoms with E-state index >= 15 is 0 Å². The number of hydrogen-bond donors (Lipinski definition) is 1. The van der Waals surface area contributed by atoms with Crippen molar-refractivity contribution in [2.75, 3.05) is 18.0 Å². The topological polar surface area (TPSA) is 49.2 Å². The van der Waals surface area contributed by atoms with Crippen LogP contribution in [-0.2, 0) is 6.18 Å². The Morgan fingerprint density at radius 1 is 1.35 bits per heavy atom. The Hall–Kier alpha value is -1.37. The van der Waals surface area contributed by atoms with Crippen LogP contribution in [-0.4, -0.2) is 33.8 Å². The number of nitrogens with zero attached hydrogens (tertiary/aromatic N) is 3. The lowest BCUT2D eigenvalue weighted by molar-refractivity contribution is -0.141. The maximum absolute atomic E-state index is 12.7. The third kappa shape index (κ3) is 2.59. The molecule has 1 N–H and O–H groups in total. The Morgan fingerprint density at radius 2 is 2.10 bits per heavy atom. The normalized spacial score (nSPS) is 25.6. The Kier molecular flexibility index (Phi) is 3.12. The van der Waals surface area contributed by atoms with E-state index in [0.29, 0.717) is 13.1 Å². The van der Waals surface area contributed by atoms with Gasteiger partial charge >= 0.3 is 6.18 Å². The summed E-state index contributed by atoms with van der Waals surface area (Å²) in [5, 5.41) is 10.2. The van der Waals surface area contributed by atoms with Gasteiger partial charge in [-0.15, -0.1) is 0 Å². The molecule has 1 saturated carbocycles. The SMILES string of the molecule is OC1(C2CCCN(c3nccc(C(F)(F)F)n3)C2)CC1. The van der Waals surface area contributed by atoms with Gasteiger partial charge in [0.15, 0.2) is 0 Å². The Balaban J connectivity index is 1.78. The molecule has 110 valence electrons. The minimum Gasteiger partial charge on any atom is -0.390 e. The van der Waals surface area contributed by atoms with Crippen molar-refractivity contribution < 1.29 is 18.3 Å². The smallest absolute Gasteiger partial charge is 0.390 e. The van der Waals surface area contributed by atoms with Crippen molar-refractivity contribution in [1.82, 2.24) is 9.97 Å². The second kappa shape index (κ2) is 4.58. The summed E-state index contributed by atoms with van der Waals surface area (Å²) >= 11 is 0. The molecule has 1 aromatic rings. The Morgan fingerprint density at radius 3 is 2.75 bits per heavy atom. The lowest BCUT2D eigenvalue weighted by Gasteiger charge is -2.35. The molecule has 4 nitrogen and oxygen atoms in total. The summed E-state index contributed by atoms with van der Waals surface area (Å²) in [6.45, 7) is 1.16. The first-order valence-electron chi connectivity index (χ1n) is 6.76. The van der Waals surface area contributed by atoms with Crippen LogP contribution in [0.4, 0.5) is 19.1 Å². The third-order valence-electron chi connectivity index (χ3n) is 4.16. The zero-order valence-corrected chi connectivity index (χ0v) is 10.9. The summed E-state index contributed by atoms with van der Waals surface area (Å²) < 4.78 is 38.0. The van der Waals surface area contributed by atoms with Gasteiger partial charge < -0.3 is 10.0 Å². The van der Waals surface area contributed by atoms with E-state index in [1.807, 2.05) is 0 Å². The van der Waals surface area contributed by atoms with Gasteiger partial charge in [-0.2, -0.15) is 13.2 Å². The fraction of sp³-hybridized carbons (Fsp3) is 0.692. The van der Waals surface area contributed by atoms with E-state index in [1.54, 1.807) is 4.90 Å². The van der Waals surface area contributed by atoms with Gasteiger partial charge in [0.1, 0.15) is 5.69 Å². The quantitative estimate of drug-likeness (QED) is 0.906. The van der Waals surface area contributed by atoms with Gasteiger partial charge in [0.25, 0.3) is 0 Å². The summed E-state index contributed by atoms with van der Waals surface area (Å²) in [5.41, 5.74) is -1.53. The van der Waals surface area contributed by atoms with Crippen LogP contribution in [0.25, 0.3) is 0 Å². The summed E-state index contributed by atoms with van der Waals surface area (Å²) in [6, 6.07) is 0.874. The van der Waals surface area contributed by atoms with E-state index in [1.165, 1.54) is 0 Å². The van der Waals surface area contributed by atoms with Crippen molar-refractivity contribution in [2.24, 2.45) is 5.92 Å². The second-order valence-electron chi connectivity index (χ2n) is 5.63. The molecule has 3 rings (SSSR count). The monoisotopic (exact) mass is 287 g/mol. The van der Waals surface area contributed by atoms with Crippen LogP contribution >= 0.6 is 0 Å². The fourth-order valence-corrected chi connectivity index (χ4v) is 2.79. The van der Waals surface area contributed by atoms with Crippen LogP contribution in [0.3, 0.4) is 0 Å². The highest BCUT2D eigenvalue weighted by atomic mass is 19.4. The van der Waals surface area contributed by atoms with Crippen LogP contribution in [0.2, 0.25) is 0 Å². The van der Waals surface area contributed by atoms with Crippen LogP contribution < -0.4 is 4.90 Å². The van der Waals surface area contributed by atoms with Crippen molar-refractivity contribution in [2.45, 2.75) is 37.5 Å². The molecule has 1 unspecified atom stereocenters. The lowest BCUT2D eigenvalue weighted by atomic mass is 9.91. The van der Waals surface area contributed by atoms with E-state index in [4.69, 9.17) is 0 Å². The minimum atomic E-state index is -4.46. The van der Waals surface area contributed by atoms with Gasteiger partial charge in [-0.25, -0.2) is 9.97 Å². The van der Waals surface area contributed by atoms with E-state index in [9.17, 15) is 18.3 Å². The predicted molar refractivity (Wildman–Crippen MR) is 66.2 cm³/mol. The van der Waals surface area contributed by atoms with E-state index in [-0.39, 0.29) is 11.9 Å². The highest BCUT2D eigenvalue weighted by Crippen LogP contribution is 2.45. The molecular formula is C13H16F3N3O. The zero-order chi connectivity index (χ0) is 14.4. The standard InChI is InChI=1S/C13H16F3N3O/c14-13(15,16)10-3-6-17-11(18-10)19-7-1-2-9(8-19)12(20)4-5-12/h3,6,9,20H,1-2,4-5,7-8H2. The molecular weight excluding hydrogens is 271 g/mol. The molecule has 2 heterocycles. The van der Waals surface area contributed by atoms with E-state index in [2.05, 4.69) is 9.97 Å². The molecule has 2 aliphatic rings. The molecule has 0 radical (unpaired) electrons. The highest BCUT2D eigenvalue weighted by Gasteiger charge is 2.48.